The maximum atomic E-state index is 12.7. The normalized spacial score (nSPS) is 11.1. The first-order chi connectivity index (χ1) is 12.9. The summed E-state index contributed by atoms with van der Waals surface area (Å²) in [5.41, 5.74) is 1.47. The van der Waals surface area contributed by atoms with E-state index >= 15 is 0 Å². The summed E-state index contributed by atoms with van der Waals surface area (Å²) in [4.78, 5) is 12.4. The minimum atomic E-state index is -3.82. The fourth-order valence-corrected chi connectivity index (χ4v) is 3.53. The van der Waals surface area contributed by atoms with Crippen molar-refractivity contribution in [3.05, 3.63) is 53.6 Å². The molecule has 0 atom stereocenters. The number of amides is 1. The highest BCUT2D eigenvalue weighted by Gasteiger charge is 2.18. The van der Waals surface area contributed by atoms with E-state index in [-0.39, 0.29) is 10.8 Å². The first-order valence-electron chi connectivity index (χ1n) is 8.57. The Bertz CT molecular complexity index is 880. The number of ether oxygens (including phenoxy) is 1. The third-order valence-electron chi connectivity index (χ3n) is 4.00. The van der Waals surface area contributed by atoms with E-state index in [0.29, 0.717) is 29.1 Å². The molecule has 0 saturated carbocycles. The number of carbonyl (C=O) groups is 1. The predicted octanol–water partition coefficient (Wildman–Crippen LogP) is 2.14. The quantitative estimate of drug-likeness (QED) is 0.569. The number of anilines is 1. The highest BCUT2D eigenvalue weighted by atomic mass is 32.2. The van der Waals surface area contributed by atoms with Gasteiger partial charge in [0.15, 0.2) is 0 Å². The van der Waals surface area contributed by atoms with Gasteiger partial charge in [0.25, 0.3) is 15.9 Å². The lowest BCUT2D eigenvalue weighted by Gasteiger charge is -2.12. The van der Waals surface area contributed by atoms with Gasteiger partial charge in [-0.1, -0.05) is 6.07 Å². The van der Waals surface area contributed by atoms with E-state index in [1.165, 1.54) is 19.2 Å². The van der Waals surface area contributed by atoms with Crippen molar-refractivity contribution in [2.24, 2.45) is 0 Å². The number of rotatable bonds is 9. The number of benzene rings is 2. The van der Waals surface area contributed by atoms with Crippen LogP contribution in [0.1, 0.15) is 22.3 Å². The third kappa shape index (κ3) is 5.70. The lowest BCUT2D eigenvalue weighted by atomic mass is 10.1. The molecular formula is C19H25N3O4S. The van der Waals surface area contributed by atoms with Gasteiger partial charge in [-0.25, -0.2) is 8.42 Å². The van der Waals surface area contributed by atoms with Crippen LogP contribution in [0.15, 0.2) is 47.4 Å². The fourth-order valence-electron chi connectivity index (χ4n) is 2.45. The van der Waals surface area contributed by atoms with E-state index in [0.717, 1.165) is 13.0 Å². The average molecular weight is 391 g/mol. The van der Waals surface area contributed by atoms with Crippen LogP contribution in [0.4, 0.5) is 5.69 Å². The summed E-state index contributed by atoms with van der Waals surface area (Å²) in [5.74, 6) is 0.343. The Morgan fingerprint density at radius 3 is 2.41 bits per heavy atom. The van der Waals surface area contributed by atoms with Crippen molar-refractivity contribution >= 4 is 21.6 Å². The van der Waals surface area contributed by atoms with Crippen molar-refractivity contribution in [1.82, 2.24) is 10.6 Å². The SMILES string of the molecule is CNCCCNC(=O)c1cc(S(=O)(=O)Nc2ccc(OC)cc2)ccc1C. The number of aryl methyl sites for hydroxylation is 1. The molecule has 0 aliphatic rings. The molecule has 7 nitrogen and oxygen atoms in total. The van der Waals surface area contributed by atoms with E-state index in [9.17, 15) is 13.2 Å². The van der Waals surface area contributed by atoms with Crippen molar-refractivity contribution in [2.45, 2.75) is 18.2 Å². The topological polar surface area (TPSA) is 96.5 Å². The van der Waals surface area contributed by atoms with Gasteiger partial charge in [0.2, 0.25) is 0 Å². The molecule has 0 fully saturated rings. The maximum absolute atomic E-state index is 12.7. The van der Waals surface area contributed by atoms with Gasteiger partial charge >= 0.3 is 0 Å². The van der Waals surface area contributed by atoms with Gasteiger partial charge in [0.1, 0.15) is 5.75 Å². The molecule has 8 heteroatoms. The van der Waals surface area contributed by atoms with Gasteiger partial charge in [0, 0.05) is 17.8 Å². The summed E-state index contributed by atoms with van der Waals surface area (Å²) < 4.78 is 32.9. The molecule has 0 aromatic heterocycles. The lowest BCUT2D eigenvalue weighted by molar-refractivity contribution is 0.0952. The zero-order valence-corrected chi connectivity index (χ0v) is 16.5. The van der Waals surface area contributed by atoms with Crippen LogP contribution in [0, 0.1) is 6.92 Å². The van der Waals surface area contributed by atoms with Crippen LogP contribution in [-0.4, -0.2) is 41.6 Å². The summed E-state index contributed by atoms with van der Waals surface area (Å²) in [5, 5.41) is 5.81. The second kappa shape index (κ2) is 9.38. The fraction of sp³-hybridized carbons (Fsp3) is 0.316. The van der Waals surface area contributed by atoms with Crippen molar-refractivity contribution in [3.8, 4) is 5.75 Å². The molecule has 0 spiro atoms. The molecular weight excluding hydrogens is 366 g/mol. The van der Waals surface area contributed by atoms with Crippen molar-refractivity contribution in [3.63, 3.8) is 0 Å². The molecule has 146 valence electrons. The summed E-state index contributed by atoms with van der Waals surface area (Å²) in [6, 6.07) is 11.1. The van der Waals surface area contributed by atoms with Crippen LogP contribution in [0.5, 0.6) is 5.75 Å². The van der Waals surface area contributed by atoms with E-state index < -0.39 is 10.0 Å². The summed E-state index contributed by atoms with van der Waals surface area (Å²) >= 11 is 0. The number of hydrogen-bond donors (Lipinski definition) is 3. The number of methoxy groups -OCH3 is 1. The van der Waals surface area contributed by atoms with E-state index in [2.05, 4.69) is 15.4 Å². The Labute approximate surface area is 160 Å². The third-order valence-corrected chi connectivity index (χ3v) is 5.37. The molecule has 0 bridgehead atoms. The number of hydrogen-bond acceptors (Lipinski definition) is 5. The first kappa shape index (κ1) is 20.7. The van der Waals surface area contributed by atoms with Crippen LogP contribution in [-0.2, 0) is 10.0 Å². The maximum Gasteiger partial charge on any atom is 0.261 e. The number of carbonyl (C=O) groups excluding carboxylic acids is 1. The molecule has 0 aliphatic heterocycles. The van der Waals surface area contributed by atoms with Gasteiger partial charge in [-0.3, -0.25) is 9.52 Å². The smallest absolute Gasteiger partial charge is 0.261 e. The zero-order valence-electron chi connectivity index (χ0n) is 15.7. The van der Waals surface area contributed by atoms with Gasteiger partial charge in [0.05, 0.1) is 12.0 Å². The molecule has 2 aromatic rings. The van der Waals surface area contributed by atoms with Crippen molar-refractivity contribution in [2.75, 3.05) is 32.0 Å². The van der Waals surface area contributed by atoms with Gasteiger partial charge in [-0.15, -0.1) is 0 Å². The lowest BCUT2D eigenvalue weighted by Crippen LogP contribution is -2.27. The minimum absolute atomic E-state index is 0.0318. The minimum Gasteiger partial charge on any atom is -0.497 e. The highest BCUT2D eigenvalue weighted by molar-refractivity contribution is 7.92. The Kier molecular flexibility index (Phi) is 7.20. The van der Waals surface area contributed by atoms with Crippen LogP contribution in [0.25, 0.3) is 0 Å². The van der Waals surface area contributed by atoms with Gasteiger partial charge < -0.3 is 15.4 Å². The van der Waals surface area contributed by atoms with Crippen molar-refractivity contribution in [1.29, 1.82) is 0 Å². The van der Waals surface area contributed by atoms with E-state index in [1.54, 1.807) is 37.3 Å². The number of nitrogens with one attached hydrogen (secondary N) is 3. The van der Waals surface area contributed by atoms with Gasteiger partial charge in [-0.2, -0.15) is 0 Å². The molecule has 0 aliphatic carbocycles. The Balaban J connectivity index is 2.17. The van der Waals surface area contributed by atoms with Crippen molar-refractivity contribution < 1.29 is 17.9 Å². The van der Waals surface area contributed by atoms with Crippen LogP contribution in [0.2, 0.25) is 0 Å². The monoisotopic (exact) mass is 391 g/mol. The Hall–Kier alpha value is -2.58. The zero-order chi connectivity index (χ0) is 19.9. The summed E-state index contributed by atoms with van der Waals surface area (Å²) in [7, 11) is -0.434. The molecule has 0 saturated heterocycles. The molecule has 0 heterocycles. The molecule has 27 heavy (non-hydrogen) atoms. The largest absolute Gasteiger partial charge is 0.497 e. The Morgan fingerprint density at radius 1 is 1.07 bits per heavy atom. The van der Waals surface area contributed by atoms with E-state index in [1.807, 2.05) is 7.05 Å². The standard InChI is InChI=1S/C19H25N3O4S/c1-14-5-10-17(13-18(14)19(23)21-12-4-11-20-2)27(24,25)22-15-6-8-16(26-3)9-7-15/h5-10,13,20,22H,4,11-12H2,1-3H3,(H,21,23). The second-order valence-electron chi connectivity index (χ2n) is 6.02. The molecule has 2 rings (SSSR count). The predicted molar refractivity (Wildman–Crippen MR) is 106 cm³/mol. The summed E-state index contributed by atoms with van der Waals surface area (Å²) in [6.45, 7) is 3.08. The average Bonchev–Trinajstić information content (AvgIpc) is 2.65. The van der Waals surface area contributed by atoms with Crippen LogP contribution < -0.4 is 20.1 Å². The van der Waals surface area contributed by atoms with E-state index in [4.69, 9.17) is 4.74 Å². The van der Waals surface area contributed by atoms with Crippen LogP contribution >= 0.6 is 0 Å². The molecule has 0 unspecified atom stereocenters. The van der Waals surface area contributed by atoms with Gasteiger partial charge in [-0.05, 0) is 68.9 Å². The molecule has 3 N–H and O–H groups in total. The highest BCUT2D eigenvalue weighted by Crippen LogP contribution is 2.21. The number of sulfonamides is 1. The molecule has 2 aromatic carbocycles. The molecule has 1 amide bonds. The second-order valence-corrected chi connectivity index (χ2v) is 7.71. The summed E-state index contributed by atoms with van der Waals surface area (Å²) in [6.07, 6.45) is 0.790. The first-order valence-corrected chi connectivity index (χ1v) is 10.1. The van der Waals surface area contributed by atoms with Crippen LogP contribution in [0.3, 0.4) is 0 Å². The molecule has 0 radical (unpaired) electrons. The Morgan fingerprint density at radius 2 is 1.78 bits per heavy atom.